The third-order valence-corrected chi connectivity index (χ3v) is 15.4. The molecule has 13 rings (SSSR count). The summed E-state index contributed by atoms with van der Waals surface area (Å²) in [5.41, 5.74) is 15.4. The SMILES string of the molecule is CC1(C)c2ccccc2C2(c3ccccc3N(c3sc4ccsc4c3-c3cc4c5c(c3)Oc3ccccc3B5c3ccccc3O4)c3ccccc32)c2ccccc21. The third-order valence-electron chi connectivity index (χ3n) is 13.2. The van der Waals surface area contributed by atoms with Crippen molar-refractivity contribution in [1.29, 1.82) is 0 Å². The third kappa shape index (κ3) is 4.09. The summed E-state index contributed by atoms with van der Waals surface area (Å²) in [4.78, 5) is 2.55. The molecule has 0 unspecified atom stereocenters. The Morgan fingerprint density at radius 3 is 1.57 bits per heavy atom. The van der Waals surface area contributed by atoms with Gasteiger partial charge in [0.25, 0.3) is 6.71 Å². The summed E-state index contributed by atoms with van der Waals surface area (Å²) in [6.07, 6.45) is 0. The second kappa shape index (κ2) is 11.6. The zero-order chi connectivity index (χ0) is 38.3. The van der Waals surface area contributed by atoms with Crippen LogP contribution < -0.4 is 30.8 Å². The van der Waals surface area contributed by atoms with E-state index in [0.717, 1.165) is 34.0 Å². The minimum Gasteiger partial charge on any atom is -0.458 e. The molecule has 274 valence electrons. The van der Waals surface area contributed by atoms with Crippen molar-refractivity contribution >= 4 is 71.6 Å². The lowest BCUT2D eigenvalue weighted by atomic mass is 9.35. The summed E-state index contributed by atoms with van der Waals surface area (Å²) in [5, 5.41) is 3.40. The fourth-order valence-electron chi connectivity index (χ4n) is 10.8. The number of nitrogens with zero attached hydrogens (tertiary/aromatic N) is 1. The van der Waals surface area contributed by atoms with E-state index in [4.69, 9.17) is 9.47 Å². The van der Waals surface area contributed by atoms with Gasteiger partial charge < -0.3 is 14.4 Å². The predicted octanol–water partition coefficient (Wildman–Crippen LogP) is 12.2. The highest BCUT2D eigenvalue weighted by atomic mass is 32.1. The van der Waals surface area contributed by atoms with Crippen LogP contribution >= 0.6 is 22.7 Å². The molecule has 3 aliphatic heterocycles. The highest BCUT2D eigenvalue weighted by molar-refractivity contribution is 7.30. The molecule has 4 aliphatic rings. The molecule has 0 bridgehead atoms. The second-order valence-electron chi connectivity index (χ2n) is 16.3. The predicted molar refractivity (Wildman–Crippen MR) is 242 cm³/mol. The normalized spacial score (nSPS) is 15.6. The lowest BCUT2D eigenvalue weighted by molar-refractivity contribution is 0.465. The van der Waals surface area contributed by atoms with Gasteiger partial charge >= 0.3 is 0 Å². The van der Waals surface area contributed by atoms with Crippen molar-refractivity contribution in [3.63, 3.8) is 0 Å². The second-order valence-corrected chi connectivity index (χ2v) is 18.3. The molecule has 0 saturated heterocycles. The van der Waals surface area contributed by atoms with Gasteiger partial charge in [0.2, 0.25) is 0 Å². The van der Waals surface area contributed by atoms with Gasteiger partial charge in [-0.1, -0.05) is 135 Å². The first-order valence-electron chi connectivity index (χ1n) is 19.9. The van der Waals surface area contributed by atoms with Crippen LogP contribution in [0.5, 0.6) is 23.0 Å². The van der Waals surface area contributed by atoms with Crippen LogP contribution in [0.25, 0.3) is 20.5 Å². The van der Waals surface area contributed by atoms with Crippen LogP contribution in [0, 0.1) is 0 Å². The summed E-state index contributed by atoms with van der Waals surface area (Å²) < 4.78 is 16.2. The summed E-state index contributed by atoms with van der Waals surface area (Å²) in [6, 6.07) is 60.3. The van der Waals surface area contributed by atoms with E-state index in [-0.39, 0.29) is 12.1 Å². The summed E-state index contributed by atoms with van der Waals surface area (Å²) in [5.74, 6) is 3.49. The average molecular weight is 780 g/mol. The smallest absolute Gasteiger partial charge is 0.260 e. The molecule has 0 fully saturated rings. The molecule has 1 aliphatic carbocycles. The molecule has 2 aromatic heterocycles. The number of hydrogen-bond donors (Lipinski definition) is 0. The standard InChI is InChI=1S/C52H34BNO2S2/c1-51(2)32-15-3-5-17-34(32)52(35-18-6-4-16-33(35)51)36-19-7-11-23-40(36)54(41-24-12-8-20-37(41)52)50-47(49-46(58-50)27-28-57-49)31-29-44-48-45(30-31)56-43-26-14-10-22-39(43)53(48)38-21-9-13-25-42(38)55-44/h3-30H,1-2H3. The first-order chi connectivity index (χ1) is 28.5. The van der Waals surface area contributed by atoms with Gasteiger partial charge in [-0.2, -0.15) is 0 Å². The van der Waals surface area contributed by atoms with Crippen LogP contribution in [-0.4, -0.2) is 6.71 Å². The monoisotopic (exact) mass is 779 g/mol. The van der Waals surface area contributed by atoms with Gasteiger partial charge in [-0.15, -0.1) is 22.7 Å². The molecule has 0 amide bonds. The molecule has 1 spiro atoms. The molecule has 9 aromatic rings. The quantitative estimate of drug-likeness (QED) is 0.163. The van der Waals surface area contributed by atoms with Crippen molar-refractivity contribution < 1.29 is 9.47 Å². The Morgan fingerprint density at radius 2 is 1.00 bits per heavy atom. The number of thiophene rings is 2. The number of fused-ring (bicyclic) bond motifs is 13. The molecule has 58 heavy (non-hydrogen) atoms. The van der Waals surface area contributed by atoms with E-state index in [1.807, 2.05) is 11.3 Å². The van der Waals surface area contributed by atoms with Crippen molar-refractivity contribution in [3.05, 3.63) is 203 Å². The minimum atomic E-state index is -0.519. The van der Waals surface area contributed by atoms with Crippen molar-refractivity contribution in [2.75, 3.05) is 4.90 Å². The van der Waals surface area contributed by atoms with Crippen molar-refractivity contribution in [3.8, 4) is 34.1 Å². The number of benzene rings is 7. The Hall–Kier alpha value is -6.34. The summed E-state index contributed by atoms with van der Waals surface area (Å²) in [6.45, 7) is 4.79. The fourth-order valence-corrected chi connectivity index (χ4v) is 13.2. The van der Waals surface area contributed by atoms with Crippen LogP contribution in [0.2, 0.25) is 0 Å². The number of ether oxygens (including phenoxy) is 2. The van der Waals surface area contributed by atoms with Gasteiger partial charge in [0.05, 0.1) is 21.5 Å². The Morgan fingerprint density at radius 1 is 0.517 bits per heavy atom. The van der Waals surface area contributed by atoms with Gasteiger partial charge in [-0.05, 0) is 97.7 Å². The molecule has 0 radical (unpaired) electrons. The average Bonchev–Trinajstić information content (AvgIpc) is 3.87. The largest absolute Gasteiger partial charge is 0.458 e. The topological polar surface area (TPSA) is 21.7 Å². The highest BCUT2D eigenvalue weighted by Crippen LogP contribution is 2.64. The summed E-state index contributed by atoms with van der Waals surface area (Å²) >= 11 is 3.67. The lowest BCUT2D eigenvalue weighted by Gasteiger charge is -2.52. The number of rotatable bonds is 2. The van der Waals surface area contributed by atoms with Crippen LogP contribution in [0.1, 0.15) is 47.2 Å². The zero-order valence-electron chi connectivity index (χ0n) is 31.8. The Bertz CT molecular complexity index is 3040. The Labute approximate surface area is 345 Å². The van der Waals surface area contributed by atoms with Crippen LogP contribution in [0.3, 0.4) is 0 Å². The Balaban J connectivity index is 1.08. The van der Waals surface area contributed by atoms with E-state index in [0.29, 0.717) is 0 Å². The zero-order valence-corrected chi connectivity index (χ0v) is 33.5. The summed E-state index contributed by atoms with van der Waals surface area (Å²) in [7, 11) is 0. The van der Waals surface area contributed by atoms with E-state index in [1.165, 1.54) is 75.6 Å². The van der Waals surface area contributed by atoms with E-state index in [9.17, 15) is 0 Å². The van der Waals surface area contributed by atoms with Crippen LogP contribution in [0.4, 0.5) is 16.4 Å². The molecule has 7 aromatic carbocycles. The maximum atomic E-state index is 6.84. The van der Waals surface area contributed by atoms with E-state index in [2.05, 4.69) is 188 Å². The highest BCUT2D eigenvalue weighted by Gasteiger charge is 2.53. The van der Waals surface area contributed by atoms with E-state index >= 15 is 0 Å². The molecule has 3 nitrogen and oxygen atoms in total. The van der Waals surface area contributed by atoms with Gasteiger partial charge in [-0.3, -0.25) is 0 Å². The molecule has 0 atom stereocenters. The molecule has 5 heterocycles. The molecule has 6 heteroatoms. The van der Waals surface area contributed by atoms with Crippen molar-refractivity contribution in [1.82, 2.24) is 0 Å². The number of para-hydroxylation sites is 4. The fraction of sp³-hybridized carbons (Fsp3) is 0.0769. The maximum absolute atomic E-state index is 6.84. The minimum absolute atomic E-state index is 0.0286. The first-order valence-corrected chi connectivity index (χ1v) is 21.6. The van der Waals surface area contributed by atoms with Crippen LogP contribution in [-0.2, 0) is 10.8 Å². The molecule has 0 saturated carbocycles. The molecular formula is C52H34BNO2S2. The van der Waals surface area contributed by atoms with Gasteiger partial charge in [0.15, 0.2) is 0 Å². The van der Waals surface area contributed by atoms with Crippen molar-refractivity contribution in [2.24, 2.45) is 0 Å². The van der Waals surface area contributed by atoms with Gasteiger partial charge in [0, 0.05) is 21.1 Å². The van der Waals surface area contributed by atoms with E-state index in [1.54, 1.807) is 11.3 Å². The van der Waals surface area contributed by atoms with Gasteiger partial charge in [0.1, 0.15) is 28.0 Å². The van der Waals surface area contributed by atoms with Crippen molar-refractivity contribution in [2.45, 2.75) is 24.7 Å². The number of hydrogen-bond acceptors (Lipinski definition) is 5. The van der Waals surface area contributed by atoms with Gasteiger partial charge in [-0.25, -0.2) is 0 Å². The van der Waals surface area contributed by atoms with E-state index < -0.39 is 5.41 Å². The molecule has 0 N–H and O–H groups in total. The lowest BCUT2D eigenvalue weighted by Crippen LogP contribution is -2.57. The van der Waals surface area contributed by atoms with Crippen LogP contribution in [0.15, 0.2) is 169 Å². The number of anilines is 3. The maximum Gasteiger partial charge on any atom is 0.260 e. The first kappa shape index (κ1) is 32.7. The molecular weight excluding hydrogens is 746 g/mol. The Kier molecular flexibility index (Phi) is 6.56.